The Kier molecular flexibility index (Phi) is 6.36. The minimum Gasteiger partial charge on any atom is -0.480 e. The lowest BCUT2D eigenvalue weighted by Gasteiger charge is -2.12. The smallest absolute Gasteiger partial charge is 0.253 e. The van der Waals surface area contributed by atoms with Crippen LogP contribution in [0.3, 0.4) is 0 Å². The third kappa shape index (κ3) is 4.85. The van der Waals surface area contributed by atoms with E-state index in [0.29, 0.717) is 5.56 Å². The number of carbonyl (C=O) groups is 1. The van der Waals surface area contributed by atoms with Gasteiger partial charge < -0.3 is 14.5 Å². The van der Waals surface area contributed by atoms with Gasteiger partial charge in [0.2, 0.25) is 9.84 Å². The molecule has 2 aromatic carbocycles. The van der Waals surface area contributed by atoms with Gasteiger partial charge in [0, 0.05) is 30.2 Å². The number of nitrogens with one attached hydrogen (secondary N) is 1. The lowest BCUT2D eigenvalue weighted by atomic mass is 10.2. The van der Waals surface area contributed by atoms with E-state index in [2.05, 4.69) is 16.2 Å². The molecule has 2 aromatic heterocycles. The maximum absolute atomic E-state index is 13.1. The van der Waals surface area contributed by atoms with Gasteiger partial charge in [0.15, 0.2) is 0 Å². The van der Waals surface area contributed by atoms with Gasteiger partial charge in [0.1, 0.15) is 22.9 Å². The summed E-state index contributed by atoms with van der Waals surface area (Å²) in [4.78, 5) is 16.6. The second kappa shape index (κ2) is 9.36. The standard InChI is InChI=1S/C24H18ClN3O4S/c1-2-13-32-21-9-6-19(25)14-22(21)33(30,31)20-7-3-17(4-8-20)15-27-24(29)18-5-10-23-26-11-12-28(23)16-18/h1,3-12,14,16H,13,15H2,(H,27,29). The molecule has 0 bridgehead atoms. The molecule has 4 rings (SSSR count). The molecule has 33 heavy (non-hydrogen) atoms. The number of ether oxygens (including phenoxy) is 1. The predicted molar refractivity (Wildman–Crippen MR) is 124 cm³/mol. The molecule has 0 aliphatic carbocycles. The van der Waals surface area contributed by atoms with Gasteiger partial charge >= 0.3 is 0 Å². The molecular formula is C24H18ClN3O4S. The minimum atomic E-state index is -3.90. The predicted octanol–water partition coefficient (Wildman–Crippen LogP) is 3.76. The number of rotatable bonds is 7. The van der Waals surface area contributed by atoms with E-state index < -0.39 is 9.84 Å². The van der Waals surface area contributed by atoms with Gasteiger partial charge in [-0.25, -0.2) is 13.4 Å². The highest BCUT2D eigenvalue weighted by molar-refractivity contribution is 7.91. The Balaban J connectivity index is 1.49. The molecule has 0 saturated heterocycles. The topological polar surface area (TPSA) is 89.8 Å². The van der Waals surface area contributed by atoms with Crippen molar-refractivity contribution < 1.29 is 17.9 Å². The molecule has 1 N–H and O–H groups in total. The summed E-state index contributed by atoms with van der Waals surface area (Å²) in [6.45, 7) is 0.158. The van der Waals surface area contributed by atoms with Gasteiger partial charge in [-0.2, -0.15) is 0 Å². The van der Waals surface area contributed by atoms with Crippen molar-refractivity contribution in [1.82, 2.24) is 14.7 Å². The van der Waals surface area contributed by atoms with E-state index in [1.165, 1.54) is 30.3 Å². The van der Waals surface area contributed by atoms with Crippen LogP contribution in [0.2, 0.25) is 5.02 Å². The summed E-state index contributed by atoms with van der Waals surface area (Å²) >= 11 is 6.01. The van der Waals surface area contributed by atoms with Crippen LogP contribution in [-0.2, 0) is 16.4 Å². The molecule has 0 spiro atoms. The maximum Gasteiger partial charge on any atom is 0.253 e. The van der Waals surface area contributed by atoms with Gasteiger partial charge in [0.25, 0.3) is 5.91 Å². The summed E-state index contributed by atoms with van der Waals surface area (Å²) in [6, 6.07) is 14.0. The number of nitrogens with zero attached hydrogens (tertiary/aromatic N) is 2. The van der Waals surface area contributed by atoms with Gasteiger partial charge in [-0.15, -0.1) is 6.42 Å². The maximum atomic E-state index is 13.1. The van der Waals surface area contributed by atoms with Crippen LogP contribution in [0, 0.1) is 12.3 Å². The van der Waals surface area contributed by atoms with Crippen molar-refractivity contribution in [2.45, 2.75) is 16.3 Å². The summed E-state index contributed by atoms with van der Waals surface area (Å²) in [5.41, 5.74) is 1.97. The zero-order chi connectivity index (χ0) is 23.4. The van der Waals surface area contributed by atoms with Crippen molar-refractivity contribution in [2.24, 2.45) is 0 Å². The molecule has 0 saturated carbocycles. The van der Waals surface area contributed by atoms with Crippen molar-refractivity contribution in [2.75, 3.05) is 6.61 Å². The first-order valence-corrected chi connectivity index (χ1v) is 11.7. The number of fused-ring (bicyclic) bond motifs is 1. The van der Waals surface area contributed by atoms with Crippen LogP contribution in [-0.4, -0.2) is 30.3 Å². The number of hydrogen-bond donors (Lipinski definition) is 1. The first kappa shape index (κ1) is 22.4. The molecule has 0 aliphatic rings. The van der Waals surface area contributed by atoms with Gasteiger partial charge in [0.05, 0.1) is 10.5 Å². The fourth-order valence-electron chi connectivity index (χ4n) is 3.18. The van der Waals surface area contributed by atoms with Crippen LogP contribution in [0.1, 0.15) is 15.9 Å². The van der Waals surface area contributed by atoms with Gasteiger partial charge in [-0.3, -0.25) is 4.79 Å². The van der Waals surface area contributed by atoms with E-state index in [4.69, 9.17) is 22.8 Å². The Morgan fingerprint density at radius 1 is 1.15 bits per heavy atom. The fourth-order valence-corrected chi connectivity index (χ4v) is 4.84. The monoisotopic (exact) mass is 479 g/mol. The van der Waals surface area contributed by atoms with Crippen LogP contribution in [0.15, 0.2) is 83.0 Å². The Labute approximate surface area is 195 Å². The molecule has 4 aromatic rings. The van der Waals surface area contributed by atoms with Crippen LogP contribution < -0.4 is 10.1 Å². The number of terminal acetylenes is 1. The Hall–Kier alpha value is -3.80. The second-order valence-corrected chi connectivity index (χ2v) is 9.38. The van der Waals surface area contributed by atoms with E-state index in [0.717, 1.165) is 11.2 Å². The molecule has 7 nitrogen and oxygen atoms in total. The number of sulfone groups is 1. The van der Waals surface area contributed by atoms with E-state index >= 15 is 0 Å². The highest BCUT2D eigenvalue weighted by Gasteiger charge is 2.23. The SMILES string of the molecule is C#CCOc1ccc(Cl)cc1S(=O)(=O)c1ccc(CNC(=O)c2ccc3nccn3c2)cc1. The normalized spacial score (nSPS) is 11.2. The van der Waals surface area contributed by atoms with Gasteiger partial charge in [-0.1, -0.05) is 29.7 Å². The van der Waals surface area contributed by atoms with Crippen LogP contribution >= 0.6 is 11.6 Å². The molecule has 166 valence electrons. The summed E-state index contributed by atoms with van der Waals surface area (Å²) in [6.07, 6.45) is 10.3. The van der Waals surface area contributed by atoms with Crippen molar-refractivity contribution >= 4 is 33.0 Å². The zero-order valence-electron chi connectivity index (χ0n) is 17.2. The van der Waals surface area contributed by atoms with E-state index in [-0.39, 0.29) is 39.6 Å². The third-order valence-electron chi connectivity index (χ3n) is 4.84. The summed E-state index contributed by atoms with van der Waals surface area (Å²) in [7, 11) is -3.90. The lowest BCUT2D eigenvalue weighted by molar-refractivity contribution is 0.0950. The lowest BCUT2D eigenvalue weighted by Crippen LogP contribution is -2.23. The van der Waals surface area contributed by atoms with E-state index in [1.807, 2.05) is 0 Å². The second-order valence-electron chi connectivity index (χ2n) is 7.02. The number of halogens is 1. The molecule has 0 aliphatic heterocycles. The van der Waals surface area contributed by atoms with Crippen molar-refractivity contribution in [1.29, 1.82) is 0 Å². The number of hydrogen-bond acceptors (Lipinski definition) is 5. The average Bonchev–Trinajstić information content (AvgIpc) is 3.30. The quantitative estimate of drug-likeness (QED) is 0.408. The number of carbonyl (C=O) groups excluding carboxylic acids is 1. The van der Waals surface area contributed by atoms with Crippen molar-refractivity contribution in [3.8, 4) is 18.1 Å². The summed E-state index contributed by atoms with van der Waals surface area (Å²) < 4.78 is 33.4. The minimum absolute atomic E-state index is 0.0657. The number of amides is 1. The number of pyridine rings is 1. The Morgan fingerprint density at radius 3 is 2.70 bits per heavy atom. The first-order valence-electron chi connectivity index (χ1n) is 9.79. The van der Waals surface area contributed by atoms with Crippen LogP contribution in [0.5, 0.6) is 5.75 Å². The highest BCUT2D eigenvalue weighted by Crippen LogP contribution is 2.32. The highest BCUT2D eigenvalue weighted by atomic mass is 35.5. The molecule has 9 heteroatoms. The summed E-state index contributed by atoms with van der Waals surface area (Å²) in [5, 5.41) is 3.08. The van der Waals surface area contributed by atoms with Crippen LogP contribution in [0.4, 0.5) is 0 Å². The van der Waals surface area contributed by atoms with Crippen LogP contribution in [0.25, 0.3) is 5.65 Å². The van der Waals surface area contributed by atoms with E-state index in [1.54, 1.807) is 47.3 Å². The fraction of sp³-hybridized carbons (Fsp3) is 0.0833. The number of imidazole rings is 1. The number of benzene rings is 2. The van der Waals surface area contributed by atoms with Crippen molar-refractivity contribution in [3.63, 3.8) is 0 Å². The molecule has 0 fully saturated rings. The average molecular weight is 480 g/mol. The molecular weight excluding hydrogens is 462 g/mol. The molecule has 0 unspecified atom stereocenters. The molecule has 1 amide bonds. The third-order valence-corrected chi connectivity index (χ3v) is 6.87. The molecule has 2 heterocycles. The number of aromatic nitrogens is 2. The summed E-state index contributed by atoms with van der Waals surface area (Å²) in [5.74, 6) is 2.19. The molecule has 0 radical (unpaired) electrons. The van der Waals surface area contributed by atoms with Gasteiger partial charge in [-0.05, 0) is 48.0 Å². The Bertz CT molecular complexity index is 1470. The first-order chi connectivity index (χ1) is 15.9. The zero-order valence-corrected chi connectivity index (χ0v) is 18.8. The van der Waals surface area contributed by atoms with Crippen molar-refractivity contribution in [3.05, 3.63) is 89.3 Å². The van der Waals surface area contributed by atoms with E-state index in [9.17, 15) is 13.2 Å². The Morgan fingerprint density at radius 2 is 1.94 bits per heavy atom. The largest absolute Gasteiger partial charge is 0.480 e. The molecule has 0 atom stereocenters.